The number of ether oxygens (including phenoxy) is 3. The number of methoxy groups -OCH3 is 1. The fraction of sp³-hybridized carbons (Fsp3) is 1.00. The number of aliphatic hydroxyl groups excluding tert-OH is 1. The Bertz CT molecular complexity index is 158. The molecule has 0 aromatic rings. The second-order valence-corrected chi connectivity index (χ2v) is 3.67. The van der Waals surface area contributed by atoms with E-state index in [9.17, 15) is 0 Å². The third-order valence-corrected chi connectivity index (χ3v) is 2.18. The molecular formula is C9H18O4. The Kier molecular flexibility index (Phi) is 3.67. The molecule has 1 aliphatic rings. The van der Waals surface area contributed by atoms with Crippen molar-refractivity contribution in [3.8, 4) is 0 Å². The molecule has 0 unspecified atom stereocenters. The van der Waals surface area contributed by atoms with Gasteiger partial charge in [0.05, 0.1) is 12.7 Å². The normalized spacial score (nSPS) is 29.5. The summed E-state index contributed by atoms with van der Waals surface area (Å²) in [5.41, 5.74) is 0. The standard InChI is InChI=1S/C9H18O4/c1-9(2,11-3)13-8-5-4-7(6-10)12-8/h7-8,10H,4-6H2,1-3H3/t7-,8-/m0/s1. The molecule has 0 radical (unpaired) electrons. The Hall–Kier alpha value is -0.160. The van der Waals surface area contributed by atoms with Crippen LogP contribution in [0.5, 0.6) is 0 Å². The van der Waals surface area contributed by atoms with Crippen molar-refractivity contribution in [1.29, 1.82) is 0 Å². The van der Waals surface area contributed by atoms with Gasteiger partial charge in [-0.1, -0.05) is 0 Å². The zero-order chi connectivity index (χ0) is 9.90. The van der Waals surface area contributed by atoms with Crippen molar-refractivity contribution in [2.75, 3.05) is 13.7 Å². The first-order chi connectivity index (χ1) is 6.07. The number of rotatable bonds is 4. The van der Waals surface area contributed by atoms with E-state index in [-0.39, 0.29) is 19.0 Å². The molecule has 0 spiro atoms. The predicted octanol–water partition coefficient (Wildman–Crippen LogP) is 0.883. The van der Waals surface area contributed by atoms with Gasteiger partial charge in [-0.3, -0.25) is 0 Å². The molecule has 78 valence electrons. The molecule has 0 aromatic heterocycles. The van der Waals surface area contributed by atoms with Crippen molar-refractivity contribution in [3.05, 3.63) is 0 Å². The molecular weight excluding hydrogens is 172 g/mol. The van der Waals surface area contributed by atoms with Gasteiger partial charge in [0.25, 0.3) is 0 Å². The summed E-state index contributed by atoms with van der Waals surface area (Å²) in [5, 5.41) is 8.83. The van der Waals surface area contributed by atoms with Gasteiger partial charge in [0, 0.05) is 13.5 Å². The third kappa shape index (κ3) is 3.23. The Balaban J connectivity index is 2.31. The van der Waals surface area contributed by atoms with Crippen LogP contribution in [0.15, 0.2) is 0 Å². The lowest BCUT2D eigenvalue weighted by molar-refractivity contribution is -0.280. The fourth-order valence-corrected chi connectivity index (χ4v) is 1.26. The highest BCUT2D eigenvalue weighted by Crippen LogP contribution is 2.24. The lowest BCUT2D eigenvalue weighted by atomic mass is 10.2. The van der Waals surface area contributed by atoms with Crippen molar-refractivity contribution < 1.29 is 19.3 Å². The van der Waals surface area contributed by atoms with E-state index in [4.69, 9.17) is 19.3 Å². The summed E-state index contributed by atoms with van der Waals surface area (Å²) in [7, 11) is 1.60. The van der Waals surface area contributed by atoms with Gasteiger partial charge in [0.1, 0.15) is 0 Å². The van der Waals surface area contributed by atoms with Crippen molar-refractivity contribution in [1.82, 2.24) is 0 Å². The molecule has 4 nitrogen and oxygen atoms in total. The maximum absolute atomic E-state index is 8.83. The van der Waals surface area contributed by atoms with E-state index < -0.39 is 5.79 Å². The van der Waals surface area contributed by atoms with E-state index in [1.807, 2.05) is 13.8 Å². The van der Waals surface area contributed by atoms with Gasteiger partial charge in [0.2, 0.25) is 0 Å². The molecule has 0 aromatic carbocycles. The zero-order valence-corrected chi connectivity index (χ0v) is 8.45. The van der Waals surface area contributed by atoms with Crippen molar-refractivity contribution in [2.24, 2.45) is 0 Å². The molecule has 4 heteroatoms. The van der Waals surface area contributed by atoms with Crippen LogP contribution in [-0.2, 0) is 14.2 Å². The van der Waals surface area contributed by atoms with Crippen molar-refractivity contribution in [2.45, 2.75) is 44.9 Å². The van der Waals surface area contributed by atoms with Gasteiger partial charge >= 0.3 is 0 Å². The van der Waals surface area contributed by atoms with Gasteiger partial charge < -0.3 is 19.3 Å². The molecule has 1 heterocycles. The first-order valence-corrected chi connectivity index (χ1v) is 4.56. The van der Waals surface area contributed by atoms with E-state index in [2.05, 4.69) is 0 Å². The molecule has 1 N–H and O–H groups in total. The molecule has 0 aliphatic carbocycles. The minimum atomic E-state index is -0.616. The van der Waals surface area contributed by atoms with Gasteiger partial charge in [-0.2, -0.15) is 0 Å². The van der Waals surface area contributed by atoms with E-state index in [0.29, 0.717) is 0 Å². The summed E-state index contributed by atoms with van der Waals surface area (Å²) >= 11 is 0. The summed E-state index contributed by atoms with van der Waals surface area (Å²) in [4.78, 5) is 0. The topological polar surface area (TPSA) is 47.9 Å². The molecule has 0 amide bonds. The summed E-state index contributed by atoms with van der Waals surface area (Å²) in [6.45, 7) is 3.73. The van der Waals surface area contributed by atoms with Gasteiger partial charge in [-0.25, -0.2) is 0 Å². The van der Waals surface area contributed by atoms with E-state index >= 15 is 0 Å². The van der Waals surface area contributed by atoms with E-state index in [1.54, 1.807) is 7.11 Å². The third-order valence-electron chi connectivity index (χ3n) is 2.18. The second kappa shape index (κ2) is 4.37. The van der Waals surface area contributed by atoms with Crippen LogP contribution in [0.1, 0.15) is 26.7 Å². The minimum absolute atomic E-state index is 0.0628. The molecule has 1 rings (SSSR count). The molecule has 1 fully saturated rings. The lowest BCUT2D eigenvalue weighted by Gasteiger charge is -2.27. The minimum Gasteiger partial charge on any atom is -0.394 e. The Morgan fingerprint density at radius 3 is 2.62 bits per heavy atom. The molecule has 13 heavy (non-hydrogen) atoms. The van der Waals surface area contributed by atoms with Gasteiger partial charge in [-0.05, 0) is 20.3 Å². The van der Waals surface area contributed by atoms with Crippen LogP contribution < -0.4 is 0 Å². The zero-order valence-electron chi connectivity index (χ0n) is 8.45. The van der Waals surface area contributed by atoms with Crippen LogP contribution >= 0.6 is 0 Å². The molecule has 0 bridgehead atoms. The Morgan fingerprint density at radius 1 is 1.46 bits per heavy atom. The van der Waals surface area contributed by atoms with Crippen LogP contribution in [0.25, 0.3) is 0 Å². The van der Waals surface area contributed by atoms with Gasteiger partial charge in [0.15, 0.2) is 12.1 Å². The second-order valence-electron chi connectivity index (χ2n) is 3.67. The summed E-state index contributed by atoms with van der Waals surface area (Å²) in [6.07, 6.45) is 1.35. The summed E-state index contributed by atoms with van der Waals surface area (Å²) in [5.74, 6) is -0.616. The van der Waals surface area contributed by atoms with E-state index in [1.165, 1.54) is 0 Å². The highest BCUT2D eigenvalue weighted by atomic mass is 16.8. The largest absolute Gasteiger partial charge is 0.394 e. The average Bonchev–Trinajstić information content (AvgIpc) is 2.52. The molecule has 1 saturated heterocycles. The predicted molar refractivity (Wildman–Crippen MR) is 47.2 cm³/mol. The highest BCUT2D eigenvalue weighted by molar-refractivity contribution is 4.68. The van der Waals surface area contributed by atoms with Crippen molar-refractivity contribution >= 4 is 0 Å². The monoisotopic (exact) mass is 190 g/mol. The van der Waals surface area contributed by atoms with E-state index in [0.717, 1.165) is 12.8 Å². The first-order valence-electron chi connectivity index (χ1n) is 4.56. The maximum atomic E-state index is 8.83. The molecule has 2 atom stereocenters. The van der Waals surface area contributed by atoms with Crippen molar-refractivity contribution in [3.63, 3.8) is 0 Å². The van der Waals surface area contributed by atoms with Crippen LogP contribution in [0.3, 0.4) is 0 Å². The smallest absolute Gasteiger partial charge is 0.165 e. The molecule has 1 aliphatic heterocycles. The quantitative estimate of drug-likeness (QED) is 0.669. The Labute approximate surface area is 78.8 Å². The summed E-state index contributed by atoms with van der Waals surface area (Å²) < 4.78 is 16.0. The van der Waals surface area contributed by atoms with Crippen LogP contribution in [-0.4, -0.2) is 37.0 Å². The SMILES string of the molecule is COC(C)(C)O[C@H]1CC[C@@H](CO)O1. The number of hydrogen-bond donors (Lipinski definition) is 1. The highest BCUT2D eigenvalue weighted by Gasteiger charge is 2.30. The summed E-state index contributed by atoms with van der Waals surface area (Å²) in [6, 6.07) is 0. The average molecular weight is 190 g/mol. The number of aliphatic hydroxyl groups is 1. The number of hydrogen-bond acceptors (Lipinski definition) is 4. The fourth-order valence-electron chi connectivity index (χ4n) is 1.26. The lowest BCUT2D eigenvalue weighted by Crippen LogP contribution is -2.32. The first kappa shape index (κ1) is 10.9. The maximum Gasteiger partial charge on any atom is 0.165 e. The Morgan fingerprint density at radius 2 is 2.15 bits per heavy atom. The van der Waals surface area contributed by atoms with Crippen LogP contribution in [0.4, 0.5) is 0 Å². The van der Waals surface area contributed by atoms with Crippen LogP contribution in [0.2, 0.25) is 0 Å². The van der Waals surface area contributed by atoms with Gasteiger partial charge in [-0.15, -0.1) is 0 Å². The molecule has 0 saturated carbocycles. The van der Waals surface area contributed by atoms with Crippen LogP contribution in [0, 0.1) is 0 Å².